The molecule has 0 radical (unpaired) electrons. The molecule has 3 fully saturated rings. The minimum absolute atomic E-state index is 0.137. The number of aromatic nitrogens is 1. The van der Waals surface area contributed by atoms with Crippen molar-refractivity contribution < 1.29 is 9.59 Å². The van der Waals surface area contributed by atoms with Crippen LogP contribution in [0, 0.1) is 25.2 Å². The minimum atomic E-state index is -0.200. The number of likely N-dealkylation sites (tertiary alicyclic amines) is 1. The number of carbonyl (C=O) groups is 2. The summed E-state index contributed by atoms with van der Waals surface area (Å²) in [6, 6.07) is 2.45. The fourth-order valence-corrected chi connectivity index (χ4v) is 6.25. The smallest absolute Gasteiger partial charge is 0.239 e. The average Bonchev–Trinajstić information content (AvgIpc) is 3.50. The SMILES string of the molecule is Cc1c(C#N)c(NC(=O)CN2CCCC2C(=O)N2CCSCC2)n(C2CCCC2)c1C. The van der Waals surface area contributed by atoms with Gasteiger partial charge in [0.05, 0.1) is 18.2 Å². The number of amides is 2. The Morgan fingerprint density at radius 3 is 2.48 bits per heavy atom. The predicted molar refractivity (Wildman–Crippen MR) is 123 cm³/mol. The van der Waals surface area contributed by atoms with Gasteiger partial charge in [-0.1, -0.05) is 12.8 Å². The van der Waals surface area contributed by atoms with Crippen LogP contribution in [0.5, 0.6) is 0 Å². The van der Waals surface area contributed by atoms with Crippen molar-refractivity contribution in [1.82, 2.24) is 14.4 Å². The molecule has 31 heavy (non-hydrogen) atoms. The predicted octanol–water partition coefficient (Wildman–Crippen LogP) is 3.07. The summed E-state index contributed by atoms with van der Waals surface area (Å²) < 4.78 is 2.18. The second kappa shape index (κ2) is 9.66. The van der Waals surface area contributed by atoms with Gasteiger partial charge in [0, 0.05) is 36.3 Å². The summed E-state index contributed by atoms with van der Waals surface area (Å²) in [5.41, 5.74) is 2.58. The van der Waals surface area contributed by atoms with Crippen molar-refractivity contribution in [2.75, 3.05) is 43.0 Å². The Kier molecular flexibility index (Phi) is 6.92. The van der Waals surface area contributed by atoms with E-state index in [1.165, 1.54) is 12.8 Å². The summed E-state index contributed by atoms with van der Waals surface area (Å²) >= 11 is 1.89. The van der Waals surface area contributed by atoms with Crippen molar-refractivity contribution >= 4 is 29.4 Å². The van der Waals surface area contributed by atoms with E-state index in [1.807, 2.05) is 35.4 Å². The molecule has 8 heteroatoms. The molecule has 0 aromatic carbocycles. The zero-order chi connectivity index (χ0) is 22.0. The number of anilines is 1. The third kappa shape index (κ3) is 4.49. The van der Waals surface area contributed by atoms with Crippen molar-refractivity contribution in [3.8, 4) is 6.07 Å². The lowest BCUT2D eigenvalue weighted by Crippen LogP contribution is -2.50. The van der Waals surface area contributed by atoms with Gasteiger partial charge >= 0.3 is 0 Å². The maximum atomic E-state index is 13.1. The van der Waals surface area contributed by atoms with E-state index < -0.39 is 0 Å². The molecule has 0 bridgehead atoms. The lowest BCUT2D eigenvalue weighted by molar-refractivity contribution is -0.136. The molecule has 1 aromatic rings. The molecule has 0 spiro atoms. The van der Waals surface area contributed by atoms with Crippen molar-refractivity contribution in [2.24, 2.45) is 0 Å². The van der Waals surface area contributed by atoms with Gasteiger partial charge in [0.1, 0.15) is 11.9 Å². The van der Waals surface area contributed by atoms with Gasteiger partial charge in [0.25, 0.3) is 0 Å². The van der Waals surface area contributed by atoms with Gasteiger partial charge in [0.2, 0.25) is 11.8 Å². The first-order valence-electron chi connectivity index (χ1n) is 11.5. The maximum Gasteiger partial charge on any atom is 0.239 e. The molecule has 1 aromatic heterocycles. The van der Waals surface area contributed by atoms with Gasteiger partial charge in [-0.05, 0) is 51.6 Å². The number of rotatable bonds is 5. The molecule has 1 aliphatic carbocycles. The third-order valence-corrected chi connectivity index (χ3v) is 8.08. The van der Waals surface area contributed by atoms with Crippen molar-refractivity contribution in [2.45, 2.75) is 64.5 Å². The average molecular weight is 444 g/mol. The molecule has 168 valence electrons. The molecule has 4 rings (SSSR count). The van der Waals surface area contributed by atoms with Gasteiger partial charge in [-0.2, -0.15) is 17.0 Å². The van der Waals surface area contributed by atoms with Crippen LogP contribution >= 0.6 is 11.8 Å². The van der Waals surface area contributed by atoms with Gasteiger partial charge in [-0.25, -0.2) is 0 Å². The molecule has 7 nitrogen and oxygen atoms in total. The van der Waals surface area contributed by atoms with Crippen LogP contribution in [0.2, 0.25) is 0 Å². The van der Waals surface area contributed by atoms with E-state index in [4.69, 9.17) is 0 Å². The first-order valence-corrected chi connectivity index (χ1v) is 12.7. The van der Waals surface area contributed by atoms with Crippen LogP contribution in [-0.2, 0) is 9.59 Å². The number of carbonyl (C=O) groups excluding carboxylic acids is 2. The van der Waals surface area contributed by atoms with Crippen molar-refractivity contribution in [3.63, 3.8) is 0 Å². The number of nitrogens with zero attached hydrogens (tertiary/aromatic N) is 4. The molecule has 1 atom stereocenters. The molecule has 2 amide bonds. The summed E-state index contributed by atoms with van der Waals surface area (Å²) in [6.45, 7) is 6.56. The van der Waals surface area contributed by atoms with Crippen molar-refractivity contribution in [1.29, 1.82) is 5.26 Å². The highest BCUT2D eigenvalue weighted by Crippen LogP contribution is 2.37. The Morgan fingerprint density at radius 1 is 1.10 bits per heavy atom. The van der Waals surface area contributed by atoms with Gasteiger partial charge in [-0.3, -0.25) is 14.5 Å². The van der Waals surface area contributed by atoms with Gasteiger partial charge < -0.3 is 14.8 Å². The molecule has 1 unspecified atom stereocenters. The third-order valence-electron chi connectivity index (χ3n) is 7.13. The second-order valence-electron chi connectivity index (χ2n) is 8.97. The summed E-state index contributed by atoms with van der Waals surface area (Å²) in [7, 11) is 0. The Bertz CT molecular complexity index is 878. The second-order valence-corrected chi connectivity index (χ2v) is 10.2. The highest BCUT2D eigenvalue weighted by molar-refractivity contribution is 7.99. The quantitative estimate of drug-likeness (QED) is 0.756. The fraction of sp³-hybridized carbons (Fsp3) is 0.696. The zero-order valence-electron chi connectivity index (χ0n) is 18.7. The first-order chi connectivity index (χ1) is 15.0. The number of nitrogens with one attached hydrogen (secondary N) is 1. The maximum absolute atomic E-state index is 13.1. The van der Waals surface area contributed by atoms with E-state index >= 15 is 0 Å². The van der Waals surface area contributed by atoms with Crippen LogP contribution in [0.3, 0.4) is 0 Å². The van der Waals surface area contributed by atoms with E-state index in [-0.39, 0.29) is 24.4 Å². The van der Waals surface area contributed by atoms with Gasteiger partial charge in [-0.15, -0.1) is 0 Å². The number of hydrogen-bond donors (Lipinski definition) is 1. The highest BCUT2D eigenvalue weighted by atomic mass is 32.2. The molecule has 1 N–H and O–H groups in total. The monoisotopic (exact) mass is 443 g/mol. The minimum Gasteiger partial charge on any atom is -0.340 e. The zero-order valence-corrected chi connectivity index (χ0v) is 19.5. The van der Waals surface area contributed by atoms with Crippen LogP contribution in [0.15, 0.2) is 0 Å². The van der Waals surface area contributed by atoms with Gasteiger partial charge in [0.15, 0.2) is 0 Å². The summed E-state index contributed by atoms with van der Waals surface area (Å²) in [4.78, 5) is 30.1. The Balaban J connectivity index is 1.48. The lowest BCUT2D eigenvalue weighted by atomic mass is 10.2. The number of thioether (sulfide) groups is 1. The summed E-state index contributed by atoms with van der Waals surface area (Å²) in [5, 5.41) is 12.8. The van der Waals surface area contributed by atoms with E-state index in [0.29, 0.717) is 17.4 Å². The summed E-state index contributed by atoms with van der Waals surface area (Å²) in [6.07, 6.45) is 6.29. The Labute approximate surface area is 189 Å². The molecule has 3 aliphatic rings. The van der Waals surface area contributed by atoms with Crippen LogP contribution in [-0.4, -0.2) is 69.9 Å². The molecular weight excluding hydrogens is 410 g/mol. The molecular formula is C23H33N5O2S. The number of hydrogen-bond acceptors (Lipinski definition) is 5. The molecule has 2 saturated heterocycles. The largest absolute Gasteiger partial charge is 0.340 e. The number of nitriles is 1. The highest BCUT2D eigenvalue weighted by Gasteiger charge is 2.35. The fourth-order valence-electron chi connectivity index (χ4n) is 5.35. The van der Waals surface area contributed by atoms with Crippen LogP contribution in [0.1, 0.15) is 61.4 Å². The molecule has 3 heterocycles. The standard InChI is InChI=1S/C23H33N5O2S/c1-16-17(2)28(18-6-3-4-7-18)22(19(16)14-24)25-21(29)15-27-9-5-8-20(27)23(30)26-10-12-31-13-11-26/h18,20H,3-13,15H2,1-2H3,(H,25,29). The van der Waals surface area contributed by atoms with E-state index in [1.54, 1.807) is 0 Å². The summed E-state index contributed by atoms with van der Waals surface area (Å²) in [5.74, 6) is 2.66. The topological polar surface area (TPSA) is 81.4 Å². The van der Waals surface area contributed by atoms with Crippen molar-refractivity contribution in [3.05, 3.63) is 16.8 Å². The Morgan fingerprint density at radius 2 is 1.81 bits per heavy atom. The molecule has 2 aliphatic heterocycles. The van der Waals surface area contributed by atoms with Crippen LogP contribution in [0.4, 0.5) is 5.82 Å². The van der Waals surface area contributed by atoms with E-state index in [9.17, 15) is 14.9 Å². The van der Waals surface area contributed by atoms with Crippen LogP contribution < -0.4 is 5.32 Å². The lowest BCUT2D eigenvalue weighted by Gasteiger charge is -2.32. The Hall–Kier alpha value is -1.98. The first kappa shape index (κ1) is 22.2. The normalized spacial score (nSPS) is 22.6. The molecule has 1 saturated carbocycles. The van der Waals surface area contributed by atoms with Crippen LogP contribution in [0.25, 0.3) is 0 Å². The van der Waals surface area contributed by atoms with E-state index in [2.05, 4.69) is 16.0 Å². The van der Waals surface area contributed by atoms with E-state index in [0.717, 1.165) is 68.1 Å².